The number of hydrogen-bond donors (Lipinski definition) is 2. The Morgan fingerprint density at radius 3 is 2.80 bits per heavy atom. The summed E-state index contributed by atoms with van der Waals surface area (Å²) in [5.74, 6) is 0. The van der Waals surface area contributed by atoms with Gasteiger partial charge in [0.15, 0.2) is 0 Å². The molecule has 0 radical (unpaired) electrons. The van der Waals surface area contributed by atoms with Crippen molar-refractivity contribution in [3.05, 3.63) is 18.2 Å². The predicted molar refractivity (Wildman–Crippen MR) is 78.5 cm³/mol. The quantitative estimate of drug-likeness (QED) is 0.750. The van der Waals surface area contributed by atoms with E-state index in [9.17, 15) is 4.79 Å². The number of amides is 1. The molecule has 6 heteroatoms. The van der Waals surface area contributed by atoms with Crippen LogP contribution in [0.2, 0.25) is 0 Å². The van der Waals surface area contributed by atoms with E-state index in [1.165, 1.54) is 0 Å². The van der Waals surface area contributed by atoms with Crippen molar-refractivity contribution >= 4 is 6.09 Å². The Hall–Kier alpha value is -1.56. The van der Waals surface area contributed by atoms with Gasteiger partial charge in [-0.3, -0.25) is 0 Å². The Kier molecular flexibility index (Phi) is 6.51. The Morgan fingerprint density at radius 1 is 1.40 bits per heavy atom. The molecule has 0 saturated heterocycles. The molecule has 6 nitrogen and oxygen atoms in total. The van der Waals surface area contributed by atoms with Crippen LogP contribution in [0.5, 0.6) is 0 Å². The lowest BCUT2D eigenvalue weighted by Gasteiger charge is -2.19. The van der Waals surface area contributed by atoms with Crippen LogP contribution in [-0.4, -0.2) is 34.3 Å². The number of alkyl carbamates (subject to hydrolysis) is 1. The number of ether oxygens (including phenoxy) is 1. The van der Waals surface area contributed by atoms with Crippen molar-refractivity contribution < 1.29 is 9.53 Å². The first-order valence-corrected chi connectivity index (χ1v) is 7.09. The normalized spacial score (nSPS) is 11.4. The van der Waals surface area contributed by atoms with Gasteiger partial charge < -0.3 is 19.9 Å². The van der Waals surface area contributed by atoms with E-state index in [4.69, 9.17) is 4.74 Å². The summed E-state index contributed by atoms with van der Waals surface area (Å²) in [5.41, 5.74) is 0.702. The lowest BCUT2D eigenvalue weighted by atomic mass is 10.2. The molecule has 0 atom stereocenters. The molecule has 0 saturated carbocycles. The van der Waals surface area contributed by atoms with Crippen LogP contribution in [-0.2, 0) is 17.8 Å². The zero-order chi connectivity index (χ0) is 15.0. The second kappa shape index (κ2) is 7.89. The van der Waals surface area contributed by atoms with E-state index in [0.717, 1.165) is 25.2 Å². The van der Waals surface area contributed by atoms with Gasteiger partial charge in [0, 0.05) is 32.4 Å². The van der Waals surface area contributed by atoms with E-state index < -0.39 is 5.60 Å². The molecule has 0 aromatic carbocycles. The molecule has 114 valence electrons. The van der Waals surface area contributed by atoms with Crippen LogP contribution in [0.3, 0.4) is 0 Å². The average Bonchev–Trinajstić information content (AvgIpc) is 2.74. The number of imidazole rings is 1. The van der Waals surface area contributed by atoms with E-state index in [0.29, 0.717) is 13.1 Å². The number of carbonyl (C=O) groups excluding carboxylic acids is 1. The van der Waals surface area contributed by atoms with Gasteiger partial charge >= 0.3 is 6.09 Å². The average molecular weight is 282 g/mol. The third-order valence-corrected chi connectivity index (χ3v) is 2.54. The molecular weight excluding hydrogens is 256 g/mol. The van der Waals surface area contributed by atoms with Gasteiger partial charge in [-0.2, -0.15) is 0 Å². The van der Waals surface area contributed by atoms with E-state index in [2.05, 4.69) is 27.1 Å². The molecule has 0 aliphatic heterocycles. The van der Waals surface area contributed by atoms with Crippen molar-refractivity contribution in [2.45, 2.75) is 52.8 Å². The third kappa shape index (κ3) is 6.56. The second-order valence-electron chi connectivity index (χ2n) is 5.68. The first kappa shape index (κ1) is 16.5. The summed E-state index contributed by atoms with van der Waals surface area (Å²) in [6, 6.07) is 0. The van der Waals surface area contributed by atoms with Crippen LogP contribution in [0, 0.1) is 0 Å². The van der Waals surface area contributed by atoms with E-state index in [1.807, 2.05) is 33.3 Å². The van der Waals surface area contributed by atoms with Crippen molar-refractivity contribution in [3.63, 3.8) is 0 Å². The van der Waals surface area contributed by atoms with E-state index >= 15 is 0 Å². The maximum Gasteiger partial charge on any atom is 0.407 e. The first-order chi connectivity index (χ1) is 9.42. The van der Waals surface area contributed by atoms with Crippen molar-refractivity contribution in [3.8, 4) is 0 Å². The number of aromatic nitrogens is 2. The lowest BCUT2D eigenvalue weighted by molar-refractivity contribution is 0.0528. The molecule has 0 unspecified atom stereocenters. The van der Waals surface area contributed by atoms with Crippen LogP contribution in [0.15, 0.2) is 12.5 Å². The van der Waals surface area contributed by atoms with Crippen LogP contribution in [0.1, 0.15) is 39.8 Å². The number of aryl methyl sites for hydroxylation is 1. The molecule has 0 aliphatic carbocycles. The molecule has 0 fully saturated rings. The number of rotatable bonds is 7. The van der Waals surface area contributed by atoms with Crippen LogP contribution < -0.4 is 10.6 Å². The summed E-state index contributed by atoms with van der Waals surface area (Å²) in [6.07, 6.45) is 4.42. The Balaban J connectivity index is 2.16. The number of carbonyl (C=O) groups is 1. The highest BCUT2D eigenvalue weighted by molar-refractivity contribution is 5.67. The Labute approximate surface area is 120 Å². The molecule has 0 spiro atoms. The molecule has 1 aromatic heterocycles. The highest BCUT2D eigenvalue weighted by atomic mass is 16.6. The Bertz CT molecular complexity index is 410. The van der Waals surface area contributed by atoms with E-state index in [-0.39, 0.29) is 6.09 Å². The highest BCUT2D eigenvalue weighted by Crippen LogP contribution is 2.06. The fourth-order valence-corrected chi connectivity index (χ4v) is 1.72. The summed E-state index contributed by atoms with van der Waals surface area (Å²) < 4.78 is 7.28. The molecule has 1 aromatic rings. The fourth-order valence-electron chi connectivity index (χ4n) is 1.72. The van der Waals surface area contributed by atoms with Gasteiger partial charge in [0.05, 0.1) is 12.0 Å². The second-order valence-corrected chi connectivity index (χ2v) is 5.68. The molecule has 0 bridgehead atoms. The van der Waals surface area contributed by atoms with Gasteiger partial charge in [-0.15, -0.1) is 0 Å². The summed E-state index contributed by atoms with van der Waals surface area (Å²) in [5, 5.41) is 5.99. The lowest BCUT2D eigenvalue weighted by Crippen LogP contribution is -2.36. The number of nitrogens with one attached hydrogen (secondary N) is 2. The minimum Gasteiger partial charge on any atom is -0.444 e. The molecule has 1 rings (SSSR count). The minimum atomic E-state index is -0.454. The molecule has 1 heterocycles. The van der Waals surface area contributed by atoms with Gasteiger partial charge in [0.2, 0.25) is 0 Å². The van der Waals surface area contributed by atoms with Crippen molar-refractivity contribution in [1.82, 2.24) is 20.2 Å². The van der Waals surface area contributed by atoms with Crippen molar-refractivity contribution in [2.24, 2.45) is 0 Å². The zero-order valence-corrected chi connectivity index (χ0v) is 12.9. The molecule has 0 aliphatic rings. The molecule has 20 heavy (non-hydrogen) atoms. The fraction of sp³-hybridized carbons (Fsp3) is 0.714. The third-order valence-electron chi connectivity index (χ3n) is 2.54. The monoisotopic (exact) mass is 282 g/mol. The van der Waals surface area contributed by atoms with Crippen LogP contribution in [0.4, 0.5) is 4.79 Å². The topological polar surface area (TPSA) is 68.2 Å². The smallest absolute Gasteiger partial charge is 0.407 e. The van der Waals surface area contributed by atoms with Crippen molar-refractivity contribution in [1.29, 1.82) is 0 Å². The summed E-state index contributed by atoms with van der Waals surface area (Å²) in [7, 11) is 0. The van der Waals surface area contributed by atoms with Gasteiger partial charge in [-0.25, -0.2) is 9.78 Å². The minimum absolute atomic E-state index is 0.379. The largest absolute Gasteiger partial charge is 0.444 e. The maximum atomic E-state index is 11.4. The van der Waals surface area contributed by atoms with Gasteiger partial charge in [0.25, 0.3) is 0 Å². The summed E-state index contributed by atoms with van der Waals surface area (Å²) in [4.78, 5) is 15.6. The summed E-state index contributed by atoms with van der Waals surface area (Å²) >= 11 is 0. The number of hydrogen-bond acceptors (Lipinski definition) is 4. The van der Waals surface area contributed by atoms with Gasteiger partial charge in [-0.1, -0.05) is 6.92 Å². The molecule has 2 N–H and O–H groups in total. The molecular formula is C14H26N4O2. The zero-order valence-electron chi connectivity index (χ0n) is 12.9. The van der Waals surface area contributed by atoms with Gasteiger partial charge in [-0.05, 0) is 27.2 Å². The Morgan fingerprint density at radius 2 is 2.15 bits per heavy atom. The summed E-state index contributed by atoms with van der Waals surface area (Å²) in [6.45, 7) is 10.6. The maximum absolute atomic E-state index is 11.4. The van der Waals surface area contributed by atoms with E-state index in [1.54, 1.807) is 0 Å². The van der Waals surface area contributed by atoms with Crippen molar-refractivity contribution in [2.75, 3.05) is 13.1 Å². The van der Waals surface area contributed by atoms with Crippen LogP contribution in [0.25, 0.3) is 0 Å². The SMILES string of the molecule is CCCn1cncc1CNCCNC(=O)OC(C)(C)C. The highest BCUT2D eigenvalue weighted by Gasteiger charge is 2.15. The van der Waals surface area contributed by atoms with Crippen LogP contribution >= 0.6 is 0 Å². The predicted octanol–water partition coefficient (Wildman–Crippen LogP) is 1.91. The molecule has 1 amide bonds. The standard InChI is InChI=1S/C14H26N4O2/c1-5-8-18-11-16-10-12(18)9-15-6-7-17-13(19)20-14(2,3)4/h10-11,15H,5-9H2,1-4H3,(H,17,19). The van der Waals surface area contributed by atoms with Gasteiger partial charge in [0.1, 0.15) is 5.60 Å². The first-order valence-electron chi connectivity index (χ1n) is 7.09. The number of nitrogens with zero attached hydrogens (tertiary/aromatic N) is 2.